The van der Waals surface area contributed by atoms with Crippen LogP contribution in [0.3, 0.4) is 0 Å². The quantitative estimate of drug-likeness (QED) is 0.159. The van der Waals surface area contributed by atoms with Gasteiger partial charge in [-0.1, -0.05) is 126 Å². The smallest absolute Gasteiger partial charge is 0.310 e. The highest BCUT2D eigenvalue weighted by molar-refractivity contribution is 5.90. The molecular formula is C38H51N3O5. The summed E-state index contributed by atoms with van der Waals surface area (Å²) in [5.41, 5.74) is 2.09. The number of esters is 1. The molecular weight excluding hydrogens is 578 g/mol. The number of rotatable bonds is 17. The van der Waals surface area contributed by atoms with Gasteiger partial charge < -0.3 is 25.8 Å². The van der Waals surface area contributed by atoms with Crippen LogP contribution in [0.2, 0.25) is 0 Å². The molecule has 46 heavy (non-hydrogen) atoms. The van der Waals surface area contributed by atoms with Crippen LogP contribution >= 0.6 is 0 Å². The Morgan fingerprint density at radius 2 is 1.26 bits per heavy atom. The van der Waals surface area contributed by atoms with Gasteiger partial charge in [0, 0.05) is 13.0 Å². The maximum absolute atomic E-state index is 13.8. The highest BCUT2D eigenvalue weighted by Gasteiger charge is 2.36. The number of hydrogen-bond donors (Lipinski definition) is 4. The second-order valence-corrected chi connectivity index (χ2v) is 13.5. The van der Waals surface area contributed by atoms with E-state index in [1.54, 1.807) is 0 Å². The van der Waals surface area contributed by atoms with Crippen molar-refractivity contribution in [3.63, 3.8) is 0 Å². The van der Waals surface area contributed by atoms with Crippen molar-refractivity contribution >= 4 is 17.8 Å². The molecule has 4 N–H and O–H groups in total. The van der Waals surface area contributed by atoms with Crippen LogP contribution in [0.1, 0.15) is 57.7 Å². The summed E-state index contributed by atoms with van der Waals surface area (Å²) in [7, 11) is 0. The van der Waals surface area contributed by atoms with E-state index in [1.165, 1.54) is 0 Å². The van der Waals surface area contributed by atoms with E-state index in [2.05, 4.69) is 29.8 Å². The van der Waals surface area contributed by atoms with Crippen LogP contribution in [-0.2, 0) is 38.6 Å². The van der Waals surface area contributed by atoms with Crippen molar-refractivity contribution in [2.75, 3.05) is 13.1 Å². The molecule has 0 heterocycles. The van der Waals surface area contributed by atoms with Gasteiger partial charge in [0.1, 0.15) is 12.6 Å². The van der Waals surface area contributed by atoms with Crippen molar-refractivity contribution < 1.29 is 24.2 Å². The van der Waals surface area contributed by atoms with Crippen LogP contribution in [0.5, 0.6) is 0 Å². The van der Waals surface area contributed by atoms with Gasteiger partial charge in [0.15, 0.2) is 0 Å². The molecule has 8 nitrogen and oxygen atoms in total. The van der Waals surface area contributed by atoms with Gasteiger partial charge in [-0.25, -0.2) is 0 Å². The Morgan fingerprint density at radius 1 is 0.739 bits per heavy atom. The van der Waals surface area contributed by atoms with Gasteiger partial charge in [0.25, 0.3) is 0 Å². The fraction of sp³-hybridized carbons (Fsp3) is 0.447. The maximum atomic E-state index is 13.8. The average Bonchev–Trinajstić information content (AvgIpc) is 3.02. The third-order valence-corrected chi connectivity index (χ3v) is 7.74. The number of ether oxygens (including phenoxy) is 1. The predicted octanol–water partition coefficient (Wildman–Crippen LogP) is 4.84. The fourth-order valence-electron chi connectivity index (χ4n) is 5.18. The topological polar surface area (TPSA) is 117 Å². The normalized spacial score (nSPS) is 14.2. The molecule has 0 radical (unpaired) electrons. The molecule has 0 aliphatic rings. The van der Waals surface area contributed by atoms with Crippen molar-refractivity contribution in [1.29, 1.82) is 0 Å². The summed E-state index contributed by atoms with van der Waals surface area (Å²) >= 11 is 0. The van der Waals surface area contributed by atoms with Crippen molar-refractivity contribution in [2.45, 2.75) is 78.7 Å². The third-order valence-electron chi connectivity index (χ3n) is 7.74. The summed E-state index contributed by atoms with van der Waals surface area (Å²) in [6, 6.07) is 27.1. The van der Waals surface area contributed by atoms with Gasteiger partial charge in [-0.3, -0.25) is 14.4 Å². The molecule has 3 aromatic rings. The molecule has 1 unspecified atom stereocenters. The Morgan fingerprint density at radius 3 is 1.78 bits per heavy atom. The lowest BCUT2D eigenvalue weighted by Crippen LogP contribution is -2.58. The number of carbonyl (C=O) groups is 3. The molecule has 0 aliphatic carbocycles. The minimum absolute atomic E-state index is 0.108. The molecule has 0 aromatic heterocycles. The van der Waals surface area contributed by atoms with E-state index in [4.69, 9.17) is 4.74 Å². The van der Waals surface area contributed by atoms with Crippen LogP contribution in [0.4, 0.5) is 0 Å². The van der Waals surface area contributed by atoms with Gasteiger partial charge in [-0.05, 0) is 47.4 Å². The van der Waals surface area contributed by atoms with E-state index in [9.17, 15) is 19.5 Å². The number of amides is 2. The Hall–Kier alpha value is -4.01. The Kier molecular flexibility index (Phi) is 14.4. The molecule has 0 saturated carbocycles. The second-order valence-electron chi connectivity index (χ2n) is 13.5. The molecule has 0 fully saturated rings. The van der Waals surface area contributed by atoms with Crippen molar-refractivity contribution in [1.82, 2.24) is 16.0 Å². The first-order chi connectivity index (χ1) is 21.9. The molecule has 0 bridgehead atoms. The molecule has 8 heteroatoms. The highest BCUT2D eigenvalue weighted by Crippen LogP contribution is 2.22. The largest absolute Gasteiger partial charge is 0.461 e. The van der Waals surface area contributed by atoms with E-state index in [1.807, 2.05) is 112 Å². The predicted molar refractivity (Wildman–Crippen MR) is 182 cm³/mol. The standard InChI is InChI=1S/C38H51N3O5/c1-27(2)24-39-25-33(42)32(22-29-17-11-7-12-18-29)40-36(44)35(38(3,4)5)41-34(43)23-31(21-28-15-9-6-10-16-28)37(45)46-26-30-19-13-8-14-20-30/h6-20,27,31-33,35,39,42H,21-26H2,1-5H3,(H,40,44)(H,41,43)/t31?,32-,33+,35+/m0/s1. The van der Waals surface area contributed by atoms with Crippen LogP contribution in [-0.4, -0.2) is 54.2 Å². The van der Waals surface area contributed by atoms with Crippen LogP contribution in [0, 0.1) is 17.3 Å². The number of carbonyl (C=O) groups excluding carboxylic acids is 3. The highest BCUT2D eigenvalue weighted by atomic mass is 16.5. The lowest BCUT2D eigenvalue weighted by molar-refractivity contribution is -0.151. The number of nitrogens with one attached hydrogen (secondary N) is 3. The molecule has 4 atom stereocenters. The Bertz CT molecular complexity index is 1340. The van der Waals surface area contributed by atoms with Crippen LogP contribution in [0.15, 0.2) is 91.0 Å². The zero-order valence-electron chi connectivity index (χ0n) is 27.9. The van der Waals surface area contributed by atoms with Crippen molar-refractivity contribution in [3.8, 4) is 0 Å². The van der Waals surface area contributed by atoms with Gasteiger partial charge in [-0.2, -0.15) is 0 Å². The zero-order valence-corrected chi connectivity index (χ0v) is 27.9. The zero-order chi connectivity index (χ0) is 33.5. The van der Waals surface area contributed by atoms with Crippen molar-refractivity contribution in [3.05, 3.63) is 108 Å². The van der Waals surface area contributed by atoms with Gasteiger partial charge in [-0.15, -0.1) is 0 Å². The number of benzene rings is 3. The Balaban J connectivity index is 1.73. The second kappa shape index (κ2) is 18.2. The third kappa shape index (κ3) is 12.8. The average molecular weight is 630 g/mol. The summed E-state index contributed by atoms with van der Waals surface area (Å²) in [6.45, 7) is 11.0. The van der Waals surface area contributed by atoms with Crippen molar-refractivity contribution in [2.24, 2.45) is 17.3 Å². The molecule has 3 aromatic carbocycles. The summed E-state index contributed by atoms with van der Waals surface area (Å²) in [6.07, 6.45) is -0.247. The van der Waals surface area contributed by atoms with Crippen LogP contribution in [0.25, 0.3) is 0 Å². The number of aliphatic hydroxyl groups is 1. The summed E-state index contributed by atoms with van der Waals surface area (Å²) in [4.78, 5) is 40.7. The minimum atomic E-state index is -0.910. The first-order valence-corrected chi connectivity index (χ1v) is 16.2. The molecule has 0 saturated heterocycles. The molecule has 0 spiro atoms. The minimum Gasteiger partial charge on any atom is -0.461 e. The van der Waals surface area contributed by atoms with E-state index in [0.717, 1.165) is 23.2 Å². The molecule has 0 aliphatic heterocycles. The Labute approximate surface area is 274 Å². The lowest BCUT2D eigenvalue weighted by atomic mass is 9.85. The molecule has 2 amide bonds. The molecule has 248 valence electrons. The van der Waals surface area contributed by atoms with E-state index < -0.39 is 47.3 Å². The number of aliphatic hydroxyl groups excluding tert-OH is 1. The van der Waals surface area contributed by atoms with E-state index in [-0.39, 0.29) is 13.0 Å². The summed E-state index contributed by atoms with van der Waals surface area (Å²) in [5.74, 6) is -1.62. The summed E-state index contributed by atoms with van der Waals surface area (Å²) < 4.78 is 5.63. The fourth-order valence-corrected chi connectivity index (χ4v) is 5.18. The maximum Gasteiger partial charge on any atom is 0.310 e. The van der Waals surface area contributed by atoms with E-state index in [0.29, 0.717) is 25.3 Å². The molecule has 3 rings (SSSR count). The van der Waals surface area contributed by atoms with Gasteiger partial charge in [0.05, 0.1) is 18.1 Å². The monoisotopic (exact) mass is 629 g/mol. The first-order valence-electron chi connectivity index (χ1n) is 16.2. The number of hydrogen-bond acceptors (Lipinski definition) is 6. The summed E-state index contributed by atoms with van der Waals surface area (Å²) in [5, 5.41) is 20.4. The lowest BCUT2D eigenvalue weighted by Gasteiger charge is -2.33. The van der Waals surface area contributed by atoms with Crippen LogP contribution < -0.4 is 16.0 Å². The SMILES string of the molecule is CC(C)CNC[C@@H](O)[C@H](Cc1ccccc1)NC(=O)[C@@H](NC(=O)CC(Cc1ccccc1)C(=O)OCc1ccccc1)C(C)(C)C. The van der Waals surface area contributed by atoms with E-state index >= 15 is 0 Å². The van der Waals surface area contributed by atoms with Gasteiger partial charge in [0.2, 0.25) is 11.8 Å². The first kappa shape index (κ1) is 36.5. The van der Waals surface area contributed by atoms with Gasteiger partial charge >= 0.3 is 5.97 Å².